The number of aromatic nitrogens is 2. The Morgan fingerprint density at radius 1 is 0.857 bits per heavy atom. The fourth-order valence-corrected chi connectivity index (χ4v) is 4.11. The molecule has 0 spiro atoms. The van der Waals surface area contributed by atoms with Crippen LogP contribution in [0.1, 0.15) is 42.3 Å². The van der Waals surface area contributed by atoms with Crippen molar-refractivity contribution in [2.45, 2.75) is 39.3 Å². The molecule has 0 fully saturated rings. The maximum Gasteiger partial charge on any atom is 0.349 e. The maximum absolute atomic E-state index is 13.6. The molecule has 1 aromatic heterocycles. The van der Waals surface area contributed by atoms with E-state index >= 15 is 0 Å². The number of rotatable bonds is 8. The molecule has 0 aliphatic rings. The van der Waals surface area contributed by atoms with Crippen molar-refractivity contribution < 1.29 is 4.79 Å². The van der Waals surface area contributed by atoms with Gasteiger partial charge in [0.05, 0.1) is 11.9 Å². The fourth-order valence-electron chi connectivity index (χ4n) is 4.11. The molecule has 178 valence electrons. The molecular weight excluding hydrogens is 436 g/mol. The number of carbonyl (C=O) groups is 1. The summed E-state index contributed by atoms with van der Waals surface area (Å²) in [4.78, 5) is 26.9. The van der Waals surface area contributed by atoms with E-state index in [1.807, 2.05) is 112 Å². The van der Waals surface area contributed by atoms with Crippen LogP contribution in [0.4, 0.5) is 0 Å². The molecule has 0 saturated heterocycles. The summed E-state index contributed by atoms with van der Waals surface area (Å²) in [5.41, 5.74) is 3.76. The normalized spacial score (nSPS) is 11.8. The molecule has 0 bridgehead atoms. The quantitative estimate of drug-likeness (QED) is 0.387. The number of nitrogens with zero attached hydrogens (tertiary/aromatic N) is 3. The summed E-state index contributed by atoms with van der Waals surface area (Å²) >= 11 is 0. The number of amides is 1. The van der Waals surface area contributed by atoms with Gasteiger partial charge in [-0.25, -0.2) is 4.79 Å². The Balaban J connectivity index is 1.81. The van der Waals surface area contributed by atoms with Gasteiger partial charge in [-0.05, 0) is 26.3 Å². The lowest BCUT2D eigenvalue weighted by Crippen LogP contribution is -2.41. The highest BCUT2D eigenvalue weighted by Crippen LogP contribution is 2.17. The predicted molar refractivity (Wildman–Crippen MR) is 140 cm³/mol. The Morgan fingerprint density at radius 2 is 1.37 bits per heavy atom. The van der Waals surface area contributed by atoms with Crippen LogP contribution in [0, 0.1) is 6.92 Å². The molecule has 4 aromatic rings. The van der Waals surface area contributed by atoms with Crippen molar-refractivity contribution in [1.82, 2.24) is 14.6 Å². The van der Waals surface area contributed by atoms with Crippen LogP contribution in [-0.4, -0.2) is 26.9 Å². The van der Waals surface area contributed by atoms with Crippen molar-refractivity contribution in [3.8, 4) is 0 Å². The van der Waals surface area contributed by atoms with Crippen LogP contribution in [0.2, 0.25) is 0 Å². The summed E-state index contributed by atoms with van der Waals surface area (Å²) in [6.45, 7) is 5.65. The number of hydrogen-bond donors (Lipinski definition) is 1. The first kappa shape index (κ1) is 24.0. The van der Waals surface area contributed by atoms with Crippen LogP contribution in [-0.2, 0) is 11.2 Å². The number of aryl methyl sites for hydroxylation is 1. The average molecular weight is 467 g/mol. The van der Waals surface area contributed by atoms with Gasteiger partial charge in [0, 0.05) is 29.3 Å². The third-order valence-corrected chi connectivity index (χ3v) is 5.71. The van der Waals surface area contributed by atoms with Crippen molar-refractivity contribution in [3.63, 3.8) is 0 Å². The lowest BCUT2D eigenvalue weighted by molar-refractivity contribution is -0.125. The summed E-state index contributed by atoms with van der Waals surface area (Å²) in [7, 11) is 0. The topological polar surface area (TPSA) is 68.4 Å². The highest BCUT2D eigenvalue weighted by molar-refractivity contribution is 6.12. The van der Waals surface area contributed by atoms with Gasteiger partial charge in [0.1, 0.15) is 6.04 Å². The van der Waals surface area contributed by atoms with E-state index in [0.717, 1.165) is 16.7 Å². The largest absolute Gasteiger partial charge is 0.352 e. The standard InChI is InChI=1S/C29H30N4O2/c1-21(2)30-28(34)26(19-23-13-7-4-8-14-23)33-22(3)20-32(29(33)35)31-27(24-15-9-5-10-16-24)25-17-11-6-12-18-25/h4-18,20-21,26H,19H2,1-3H3,(H,30,34)/t26-/m1/s1. The molecule has 1 N–H and O–H groups in total. The molecule has 0 radical (unpaired) electrons. The summed E-state index contributed by atoms with van der Waals surface area (Å²) in [6.07, 6.45) is 2.09. The first-order valence-electron chi connectivity index (χ1n) is 11.8. The van der Waals surface area contributed by atoms with E-state index in [2.05, 4.69) is 5.32 Å². The minimum atomic E-state index is -0.694. The molecule has 1 atom stereocenters. The van der Waals surface area contributed by atoms with Crippen molar-refractivity contribution in [1.29, 1.82) is 0 Å². The van der Waals surface area contributed by atoms with Gasteiger partial charge in [-0.3, -0.25) is 9.36 Å². The molecule has 0 saturated carbocycles. The molecule has 6 nitrogen and oxygen atoms in total. The minimum Gasteiger partial charge on any atom is -0.352 e. The zero-order valence-electron chi connectivity index (χ0n) is 20.3. The highest BCUT2D eigenvalue weighted by Gasteiger charge is 2.26. The molecule has 0 unspecified atom stereocenters. The van der Waals surface area contributed by atoms with Crippen LogP contribution in [0.25, 0.3) is 0 Å². The second-order valence-electron chi connectivity index (χ2n) is 8.82. The number of benzene rings is 3. The fraction of sp³-hybridized carbons (Fsp3) is 0.207. The average Bonchev–Trinajstić information content (AvgIpc) is 3.14. The predicted octanol–water partition coefficient (Wildman–Crippen LogP) is 4.57. The van der Waals surface area contributed by atoms with Gasteiger partial charge in [0.25, 0.3) is 0 Å². The third-order valence-electron chi connectivity index (χ3n) is 5.71. The molecule has 6 heteroatoms. The molecule has 0 aliphatic heterocycles. The van der Waals surface area contributed by atoms with Gasteiger partial charge >= 0.3 is 5.69 Å². The van der Waals surface area contributed by atoms with Gasteiger partial charge in [0.2, 0.25) is 5.91 Å². The number of nitrogens with one attached hydrogen (secondary N) is 1. The van der Waals surface area contributed by atoms with E-state index < -0.39 is 6.04 Å². The zero-order chi connectivity index (χ0) is 24.8. The van der Waals surface area contributed by atoms with Gasteiger partial charge < -0.3 is 5.32 Å². The molecule has 35 heavy (non-hydrogen) atoms. The van der Waals surface area contributed by atoms with Crippen LogP contribution in [0.5, 0.6) is 0 Å². The maximum atomic E-state index is 13.6. The molecule has 0 aliphatic carbocycles. The molecule has 3 aromatic carbocycles. The van der Waals surface area contributed by atoms with E-state index in [1.54, 1.807) is 10.8 Å². The second-order valence-corrected chi connectivity index (χ2v) is 8.82. The Bertz CT molecular complexity index is 1310. The summed E-state index contributed by atoms with van der Waals surface area (Å²) in [5.74, 6) is -0.192. The lowest BCUT2D eigenvalue weighted by atomic mass is 10.0. The first-order chi connectivity index (χ1) is 16.9. The Labute approximate surface area is 205 Å². The van der Waals surface area contributed by atoms with E-state index in [9.17, 15) is 9.59 Å². The Morgan fingerprint density at radius 3 is 1.89 bits per heavy atom. The molecule has 4 rings (SSSR count). The van der Waals surface area contributed by atoms with E-state index in [1.165, 1.54) is 4.68 Å². The monoisotopic (exact) mass is 466 g/mol. The minimum absolute atomic E-state index is 0.0420. The van der Waals surface area contributed by atoms with E-state index in [-0.39, 0.29) is 17.6 Å². The number of hydrogen-bond acceptors (Lipinski definition) is 3. The Hall–Kier alpha value is -4.19. The van der Waals surface area contributed by atoms with Crippen LogP contribution >= 0.6 is 0 Å². The summed E-state index contributed by atoms with van der Waals surface area (Å²) < 4.78 is 2.88. The van der Waals surface area contributed by atoms with Crippen molar-refractivity contribution in [3.05, 3.63) is 130 Å². The second kappa shape index (κ2) is 10.8. The number of imidazole rings is 1. The van der Waals surface area contributed by atoms with Gasteiger partial charge in [-0.2, -0.15) is 9.78 Å². The van der Waals surface area contributed by atoms with E-state index in [0.29, 0.717) is 17.8 Å². The summed E-state index contributed by atoms with van der Waals surface area (Å²) in [5, 5.41) is 7.73. The van der Waals surface area contributed by atoms with Gasteiger partial charge in [-0.1, -0.05) is 91.0 Å². The number of carbonyl (C=O) groups excluding carboxylic acids is 1. The Kier molecular flexibility index (Phi) is 7.41. The highest BCUT2D eigenvalue weighted by atomic mass is 16.2. The van der Waals surface area contributed by atoms with Crippen LogP contribution in [0.15, 0.2) is 107 Å². The molecule has 1 heterocycles. The van der Waals surface area contributed by atoms with Gasteiger partial charge in [-0.15, -0.1) is 0 Å². The third kappa shape index (κ3) is 5.66. The zero-order valence-corrected chi connectivity index (χ0v) is 20.3. The van der Waals surface area contributed by atoms with Gasteiger partial charge in [0.15, 0.2) is 0 Å². The van der Waals surface area contributed by atoms with Crippen LogP contribution in [0.3, 0.4) is 0 Å². The lowest BCUT2D eigenvalue weighted by Gasteiger charge is -2.20. The van der Waals surface area contributed by atoms with Crippen LogP contribution < -0.4 is 11.0 Å². The van der Waals surface area contributed by atoms with Crippen molar-refractivity contribution >= 4 is 11.6 Å². The molecule has 1 amide bonds. The molecular formula is C29H30N4O2. The van der Waals surface area contributed by atoms with Crippen molar-refractivity contribution in [2.24, 2.45) is 5.10 Å². The first-order valence-corrected chi connectivity index (χ1v) is 11.8. The SMILES string of the molecule is Cc1cn(N=C(c2ccccc2)c2ccccc2)c(=O)n1[C@H](Cc1ccccc1)C(=O)NC(C)C. The smallest absolute Gasteiger partial charge is 0.349 e. The summed E-state index contributed by atoms with van der Waals surface area (Å²) in [6, 6.07) is 28.5. The van der Waals surface area contributed by atoms with E-state index in [4.69, 9.17) is 5.10 Å². The van der Waals surface area contributed by atoms with Crippen molar-refractivity contribution in [2.75, 3.05) is 0 Å².